The van der Waals surface area contributed by atoms with E-state index in [1.54, 1.807) is 29.2 Å². The Morgan fingerprint density at radius 1 is 1.22 bits per heavy atom. The minimum atomic E-state index is 0.478. The van der Waals surface area contributed by atoms with Gasteiger partial charge in [0.1, 0.15) is 5.52 Å². The molecule has 0 saturated heterocycles. The molecule has 0 spiro atoms. The highest BCUT2D eigenvalue weighted by Crippen LogP contribution is 2.19. The lowest BCUT2D eigenvalue weighted by Crippen LogP contribution is -2.33. The molecule has 0 atom stereocenters. The molecule has 0 saturated carbocycles. The zero-order chi connectivity index (χ0) is 15.8. The van der Waals surface area contributed by atoms with Crippen molar-refractivity contribution in [1.82, 2.24) is 19.7 Å². The van der Waals surface area contributed by atoms with E-state index in [9.17, 15) is 5.21 Å². The van der Waals surface area contributed by atoms with Crippen molar-refractivity contribution in [3.63, 3.8) is 0 Å². The van der Waals surface area contributed by atoms with Gasteiger partial charge in [0, 0.05) is 35.8 Å². The molecule has 1 N–H and O–H groups in total. The first-order chi connectivity index (χ1) is 11.2. The summed E-state index contributed by atoms with van der Waals surface area (Å²) in [5.74, 6) is 0. The van der Waals surface area contributed by atoms with Gasteiger partial charge < -0.3 is 10.5 Å². The topological polar surface area (TPSA) is 82.0 Å². The maximum Gasteiger partial charge on any atom is 0.270 e. The van der Waals surface area contributed by atoms with Gasteiger partial charge in [-0.2, -0.15) is 5.10 Å². The van der Waals surface area contributed by atoms with Crippen molar-refractivity contribution < 1.29 is 4.85 Å². The normalized spacial score (nSPS) is 11.2. The number of pyridine rings is 1. The second kappa shape index (κ2) is 5.61. The molecule has 3 aromatic heterocycles. The summed E-state index contributed by atoms with van der Waals surface area (Å²) < 4.78 is 2.52. The Kier molecular flexibility index (Phi) is 3.45. The highest BCUT2D eigenvalue weighted by Gasteiger charge is 2.15. The van der Waals surface area contributed by atoms with Crippen LogP contribution < -0.4 is 10.2 Å². The van der Waals surface area contributed by atoms with E-state index in [-0.39, 0.29) is 0 Å². The summed E-state index contributed by atoms with van der Waals surface area (Å²) in [7, 11) is 0. The van der Waals surface area contributed by atoms with E-state index in [2.05, 4.69) is 43.1 Å². The van der Waals surface area contributed by atoms with E-state index >= 15 is 0 Å². The summed E-state index contributed by atoms with van der Waals surface area (Å²) in [6.45, 7) is 0.677. The van der Waals surface area contributed by atoms with Crippen molar-refractivity contribution in [3.05, 3.63) is 63.3 Å². The Labute approximate surface area is 144 Å². The molecule has 8 heteroatoms. The molecule has 114 valence electrons. The second-order valence-corrected chi connectivity index (χ2v) is 6.18. The molecule has 0 bridgehead atoms. The minimum Gasteiger partial charge on any atom is -0.594 e. The lowest BCUT2D eigenvalue weighted by molar-refractivity contribution is -0.640. The fourth-order valence-electron chi connectivity index (χ4n) is 2.40. The number of aromatic nitrogens is 5. The number of rotatable bonds is 3. The molecule has 0 aliphatic carbocycles. The lowest BCUT2D eigenvalue weighted by atomic mass is 10.2. The quantitative estimate of drug-likeness (QED) is 0.313. The summed E-state index contributed by atoms with van der Waals surface area (Å²) >= 11 is 2.12. The van der Waals surface area contributed by atoms with Gasteiger partial charge >= 0.3 is 0 Å². The van der Waals surface area contributed by atoms with Crippen LogP contribution in [0.15, 0.2) is 48.9 Å². The Balaban J connectivity index is 1.76. The summed E-state index contributed by atoms with van der Waals surface area (Å²) in [5.41, 5.74) is 3.79. The minimum absolute atomic E-state index is 0.478. The molecule has 3 heterocycles. The van der Waals surface area contributed by atoms with Gasteiger partial charge in [0.25, 0.3) is 5.52 Å². The largest absolute Gasteiger partial charge is 0.594 e. The van der Waals surface area contributed by atoms with Gasteiger partial charge in [-0.3, -0.25) is 4.98 Å². The fourth-order valence-corrected chi connectivity index (χ4v) is 2.86. The standard InChI is InChI=1S/C15H11IN6O/c16-12-9-19-21-14-7-11(18-8-10-3-5-17-6-4-10)1-2-13(14)22(23)20-15(12)21/h1-7,9,18H,8H2. The highest BCUT2D eigenvalue weighted by molar-refractivity contribution is 14.1. The van der Waals surface area contributed by atoms with Crippen LogP contribution in [0, 0.1) is 8.78 Å². The Morgan fingerprint density at radius 3 is 2.87 bits per heavy atom. The lowest BCUT2D eigenvalue weighted by Gasteiger charge is -2.08. The van der Waals surface area contributed by atoms with E-state index in [0.717, 1.165) is 14.8 Å². The summed E-state index contributed by atoms with van der Waals surface area (Å²) in [5, 5.41) is 23.7. The van der Waals surface area contributed by atoms with Gasteiger partial charge in [-0.25, -0.2) is 4.52 Å². The molecule has 0 amide bonds. The average Bonchev–Trinajstić information content (AvgIpc) is 2.95. The van der Waals surface area contributed by atoms with Crippen molar-refractivity contribution in [2.45, 2.75) is 6.54 Å². The van der Waals surface area contributed by atoms with E-state index in [1.807, 2.05) is 24.3 Å². The molecular weight excluding hydrogens is 407 g/mol. The van der Waals surface area contributed by atoms with E-state index < -0.39 is 0 Å². The number of benzene rings is 1. The maximum absolute atomic E-state index is 12.1. The van der Waals surface area contributed by atoms with Crippen molar-refractivity contribution in [3.8, 4) is 0 Å². The summed E-state index contributed by atoms with van der Waals surface area (Å²) in [4.78, 5) is 4.64. The first-order valence-corrected chi connectivity index (χ1v) is 8.00. The molecule has 4 aromatic rings. The van der Waals surface area contributed by atoms with Crippen LogP contribution in [0.4, 0.5) is 5.69 Å². The van der Waals surface area contributed by atoms with Crippen LogP contribution in [0.3, 0.4) is 0 Å². The van der Waals surface area contributed by atoms with Crippen LogP contribution in [0.1, 0.15) is 5.56 Å². The Hall–Kier alpha value is -2.49. The maximum atomic E-state index is 12.1. The zero-order valence-corrected chi connectivity index (χ0v) is 14.0. The molecule has 1 aromatic carbocycles. The zero-order valence-electron chi connectivity index (χ0n) is 11.8. The number of nitrogens with zero attached hydrogens (tertiary/aromatic N) is 5. The smallest absolute Gasteiger partial charge is 0.270 e. The van der Waals surface area contributed by atoms with Crippen molar-refractivity contribution in [1.29, 1.82) is 0 Å². The van der Waals surface area contributed by atoms with E-state index in [4.69, 9.17) is 0 Å². The number of halogens is 1. The van der Waals surface area contributed by atoms with Crippen LogP contribution in [-0.2, 0) is 6.54 Å². The van der Waals surface area contributed by atoms with Crippen molar-refractivity contribution in [2.75, 3.05) is 5.32 Å². The molecular formula is C15H11IN6O. The Bertz CT molecular complexity index is 1000. The van der Waals surface area contributed by atoms with Gasteiger partial charge in [0.15, 0.2) is 0 Å². The van der Waals surface area contributed by atoms with Crippen molar-refractivity contribution >= 4 is 45.0 Å². The number of anilines is 1. The highest BCUT2D eigenvalue weighted by atomic mass is 127. The number of hydrogen-bond acceptors (Lipinski definition) is 5. The van der Waals surface area contributed by atoms with Gasteiger partial charge in [-0.05, 0) is 57.3 Å². The van der Waals surface area contributed by atoms with Gasteiger partial charge in [0.05, 0.1) is 9.77 Å². The third-order valence-corrected chi connectivity index (χ3v) is 4.30. The molecule has 23 heavy (non-hydrogen) atoms. The van der Waals surface area contributed by atoms with Crippen LogP contribution in [-0.4, -0.2) is 19.7 Å². The molecule has 0 aliphatic heterocycles. The fraction of sp³-hybridized carbons (Fsp3) is 0.0667. The third kappa shape index (κ3) is 2.54. The van der Waals surface area contributed by atoms with Crippen LogP contribution in [0.5, 0.6) is 0 Å². The van der Waals surface area contributed by atoms with Gasteiger partial charge in [-0.1, -0.05) is 0 Å². The van der Waals surface area contributed by atoms with Crippen LogP contribution in [0.25, 0.3) is 16.7 Å². The van der Waals surface area contributed by atoms with Gasteiger partial charge in [0.2, 0.25) is 5.65 Å². The summed E-state index contributed by atoms with van der Waals surface area (Å²) in [6, 6.07) is 9.43. The first-order valence-electron chi connectivity index (χ1n) is 6.92. The monoisotopic (exact) mass is 418 g/mol. The van der Waals surface area contributed by atoms with E-state index in [1.165, 1.54) is 0 Å². The average molecular weight is 418 g/mol. The first kappa shape index (κ1) is 14.1. The van der Waals surface area contributed by atoms with Crippen LogP contribution in [0.2, 0.25) is 0 Å². The number of hydrogen-bond donors (Lipinski definition) is 1. The summed E-state index contributed by atoms with van der Waals surface area (Å²) in [6.07, 6.45) is 5.22. The predicted octanol–water partition coefficient (Wildman–Crippen LogP) is 2.13. The second-order valence-electron chi connectivity index (χ2n) is 5.01. The van der Waals surface area contributed by atoms with Crippen molar-refractivity contribution in [2.24, 2.45) is 0 Å². The van der Waals surface area contributed by atoms with Gasteiger partial charge in [-0.15, -0.1) is 0 Å². The third-order valence-electron chi connectivity index (χ3n) is 3.54. The molecule has 4 rings (SSSR count). The predicted molar refractivity (Wildman–Crippen MR) is 93.7 cm³/mol. The molecule has 0 unspecified atom stereocenters. The molecule has 0 fully saturated rings. The molecule has 0 aliphatic rings. The number of nitrogens with one attached hydrogen (secondary N) is 1. The Morgan fingerprint density at radius 2 is 2.04 bits per heavy atom. The molecule has 0 radical (unpaired) electrons. The number of fused-ring (bicyclic) bond motifs is 3. The van der Waals surface area contributed by atoms with E-state index in [0.29, 0.717) is 28.1 Å². The molecule has 7 nitrogen and oxygen atoms in total. The van der Waals surface area contributed by atoms with Crippen LogP contribution >= 0.6 is 22.6 Å². The SMILES string of the molecule is [O-][n+]1nc2c(I)cnn2c2cc(NCc3ccncc3)ccc21.